The summed E-state index contributed by atoms with van der Waals surface area (Å²) >= 11 is 0. The van der Waals surface area contributed by atoms with E-state index in [0.29, 0.717) is 0 Å². The molecule has 0 fully saturated rings. The largest absolute Gasteiger partial charge is 0.481 e. The van der Waals surface area contributed by atoms with Crippen LogP contribution in [-0.4, -0.2) is 70.5 Å². The molecular weight excluding hydrogens is 378 g/mol. The second kappa shape index (κ2) is 12.2. The molecule has 0 bridgehead atoms. The number of aliphatic carboxylic acids is 2. The van der Waals surface area contributed by atoms with Crippen molar-refractivity contribution in [3.05, 3.63) is 0 Å². The molecular formula is C15H25N5O8. The highest BCUT2D eigenvalue weighted by atomic mass is 16.4. The van der Waals surface area contributed by atoms with Crippen molar-refractivity contribution in [2.45, 2.75) is 50.7 Å². The zero-order chi connectivity index (χ0) is 21.9. The zero-order valence-electron chi connectivity index (χ0n) is 15.3. The molecule has 28 heavy (non-hydrogen) atoms. The minimum absolute atomic E-state index is 0.111. The summed E-state index contributed by atoms with van der Waals surface area (Å²) in [5, 5.41) is 24.1. The predicted molar refractivity (Wildman–Crippen MR) is 93.5 cm³/mol. The van der Waals surface area contributed by atoms with Gasteiger partial charge in [-0.05, 0) is 19.8 Å². The molecule has 0 aromatic rings. The number of hydrogen-bond donors (Lipinski definition) is 7. The Bertz CT molecular complexity index is 624. The maximum absolute atomic E-state index is 11.9. The van der Waals surface area contributed by atoms with E-state index in [4.69, 9.17) is 21.7 Å². The lowest BCUT2D eigenvalue weighted by molar-refractivity contribution is -0.142. The Hall–Kier alpha value is -3.22. The van der Waals surface area contributed by atoms with Gasteiger partial charge in [0.05, 0.1) is 12.6 Å². The van der Waals surface area contributed by atoms with Crippen LogP contribution < -0.4 is 27.4 Å². The number of rotatable bonds is 13. The minimum Gasteiger partial charge on any atom is -0.481 e. The van der Waals surface area contributed by atoms with Crippen molar-refractivity contribution < 1.29 is 39.0 Å². The average Bonchev–Trinajstić information content (AvgIpc) is 2.60. The molecule has 0 saturated heterocycles. The van der Waals surface area contributed by atoms with Crippen LogP contribution >= 0.6 is 0 Å². The molecule has 0 heterocycles. The number of carboxylic acids is 2. The van der Waals surface area contributed by atoms with E-state index < -0.39 is 60.2 Å². The highest BCUT2D eigenvalue weighted by molar-refractivity contribution is 5.92. The Morgan fingerprint density at radius 2 is 1.54 bits per heavy atom. The Labute approximate surface area is 160 Å². The SMILES string of the molecule is C[C@H](NC(=O)[C@@H](N)CCC(=O)O)C(=O)NCC(=O)N[C@@H](CCC(N)=O)C(=O)O. The van der Waals surface area contributed by atoms with E-state index in [1.807, 2.05) is 0 Å². The first kappa shape index (κ1) is 24.8. The summed E-state index contributed by atoms with van der Waals surface area (Å²) in [4.78, 5) is 67.6. The maximum atomic E-state index is 11.9. The molecule has 158 valence electrons. The van der Waals surface area contributed by atoms with Gasteiger partial charge in [-0.1, -0.05) is 0 Å². The highest BCUT2D eigenvalue weighted by Gasteiger charge is 2.23. The normalized spacial score (nSPS) is 13.5. The molecule has 0 saturated carbocycles. The molecule has 0 aromatic carbocycles. The molecule has 0 aliphatic carbocycles. The van der Waals surface area contributed by atoms with Crippen molar-refractivity contribution in [2.24, 2.45) is 11.5 Å². The van der Waals surface area contributed by atoms with Gasteiger partial charge in [-0.25, -0.2) is 4.79 Å². The molecule has 13 heteroatoms. The second-order valence-electron chi connectivity index (χ2n) is 5.95. The Kier molecular flexibility index (Phi) is 10.8. The lowest BCUT2D eigenvalue weighted by Gasteiger charge is -2.18. The quantitative estimate of drug-likeness (QED) is 0.162. The van der Waals surface area contributed by atoms with Crippen molar-refractivity contribution in [3.8, 4) is 0 Å². The van der Waals surface area contributed by atoms with Gasteiger partial charge in [-0.3, -0.25) is 24.0 Å². The molecule has 0 aliphatic rings. The number of carbonyl (C=O) groups excluding carboxylic acids is 4. The fraction of sp³-hybridized carbons (Fsp3) is 0.600. The van der Waals surface area contributed by atoms with E-state index in [0.717, 1.165) is 0 Å². The smallest absolute Gasteiger partial charge is 0.326 e. The standard InChI is InChI=1S/C15H25N5O8/c1-7(19-14(26)8(16)2-5-12(23)24)13(25)18-6-11(22)20-9(15(27)28)3-4-10(17)21/h7-9H,2-6,16H2,1H3,(H2,17,21)(H,18,25)(H,19,26)(H,20,22)(H,23,24)(H,27,28)/t7-,8-,9-/m0/s1. The minimum atomic E-state index is -1.36. The summed E-state index contributed by atoms with van der Waals surface area (Å²) in [6, 6.07) is -3.53. The first-order chi connectivity index (χ1) is 12.9. The zero-order valence-corrected chi connectivity index (χ0v) is 15.3. The molecule has 0 rings (SSSR count). The summed E-state index contributed by atoms with van der Waals surface area (Å²) in [5.74, 6) is -5.49. The second-order valence-corrected chi connectivity index (χ2v) is 5.95. The van der Waals surface area contributed by atoms with E-state index in [9.17, 15) is 28.8 Å². The van der Waals surface area contributed by atoms with Crippen LogP contribution in [0.2, 0.25) is 0 Å². The molecule has 0 aromatic heterocycles. The van der Waals surface area contributed by atoms with E-state index in [2.05, 4.69) is 16.0 Å². The molecule has 0 radical (unpaired) electrons. The van der Waals surface area contributed by atoms with E-state index in [1.165, 1.54) is 6.92 Å². The number of primary amides is 1. The first-order valence-corrected chi connectivity index (χ1v) is 8.30. The Morgan fingerprint density at radius 3 is 2.04 bits per heavy atom. The van der Waals surface area contributed by atoms with Crippen molar-refractivity contribution in [3.63, 3.8) is 0 Å². The summed E-state index contributed by atoms with van der Waals surface area (Å²) < 4.78 is 0. The molecule has 4 amide bonds. The third kappa shape index (κ3) is 10.7. The van der Waals surface area contributed by atoms with Gasteiger partial charge in [-0.2, -0.15) is 0 Å². The van der Waals surface area contributed by atoms with E-state index >= 15 is 0 Å². The molecule has 0 unspecified atom stereocenters. The first-order valence-electron chi connectivity index (χ1n) is 8.30. The van der Waals surface area contributed by atoms with Gasteiger partial charge < -0.3 is 37.6 Å². The van der Waals surface area contributed by atoms with Crippen molar-refractivity contribution in [1.82, 2.24) is 16.0 Å². The van der Waals surface area contributed by atoms with Gasteiger partial charge in [0.15, 0.2) is 0 Å². The van der Waals surface area contributed by atoms with Gasteiger partial charge in [-0.15, -0.1) is 0 Å². The lowest BCUT2D eigenvalue weighted by Crippen LogP contribution is -2.52. The van der Waals surface area contributed by atoms with Crippen LogP contribution in [0.25, 0.3) is 0 Å². The van der Waals surface area contributed by atoms with Crippen LogP contribution in [0, 0.1) is 0 Å². The number of carbonyl (C=O) groups is 6. The van der Waals surface area contributed by atoms with Gasteiger partial charge in [0.25, 0.3) is 0 Å². The van der Waals surface area contributed by atoms with Crippen molar-refractivity contribution in [2.75, 3.05) is 6.54 Å². The number of nitrogens with two attached hydrogens (primary N) is 2. The predicted octanol–water partition coefficient (Wildman–Crippen LogP) is -3.37. The average molecular weight is 403 g/mol. The van der Waals surface area contributed by atoms with Crippen LogP contribution in [0.15, 0.2) is 0 Å². The third-order valence-electron chi connectivity index (χ3n) is 3.49. The third-order valence-corrected chi connectivity index (χ3v) is 3.49. The molecule has 13 nitrogen and oxygen atoms in total. The Morgan fingerprint density at radius 1 is 0.929 bits per heavy atom. The number of hydrogen-bond acceptors (Lipinski definition) is 7. The summed E-state index contributed by atoms with van der Waals surface area (Å²) in [5.41, 5.74) is 10.4. The van der Waals surface area contributed by atoms with Gasteiger partial charge in [0, 0.05) is 12.8 Å². The number of nitrogens with one attached hydrogen (secondary N) is 3. The molecule has 9 N–H and O–H groups in total. The van der Waals surface area contributed by atoms with Crippen LogP contribution in [0.4, 0.5) is 0 Å². The van der Waals surface area contributed by atoms with Crippen LogP contribution in [0.3, 0.4) is 0 Å². The molecule has 0 spiro atoms. The monoisotopic (exact) mass is 403 g/mol. The van der Waals surface area contributed by atoms with Crippen LogP contribution in [-0.2, 0) is 28.8 Å². The van der Waals surface area contributed by atoms with Gasteiger partial charge in [0.2, 0.25) is 23.6 Å². The number of amides is 4. The van der Waals surface area contributed by atoms with Crippen molar-refractivity contribution in [1.29, 1.82) is 0 Å². The van der Waals surface area contributed by atoms with Gasteiger partial charge in [0.1, 0.15) is 12.1 Å². The topological polar surface area (TPSA) is 231 Å². The Balaban J connectivity index is 4.40. The van der Waals surface area contributed by atoms with E-state index in [-0.39, 0.29) is 25.7 Å². The van der Waals surface area contributed by atoms with Gasteiger partial charge >= 0.3 is 11.9 Å². The maximum Gasteiger partial charge on any atom is 0.326 e. The summed E-state index contributed by atoms with van der Waals surface area (Å²) in [6.07, 6.45) is -0.866. The van der Waals surface area contributed by atoms with Crippen LogP contribution in [0.1, 0.15) is 32.6 Å². The van der Waals surface area contributed by atoms with E-state index in [1.54, 1.807) is 0 Å². The van der Waals surface area contributed by atoms with Crippen molar-refractivity contribution >= 4 is 35.6 Å². The fourth-order valence-electron chi connectivity index (χ4n) is 1.91. The summed E-state index contributed by atoms with van der Waals surface area (Å²) in [7, 11) is 0. The summed E-state index contributed by atoms with van der Waals surface area (Å²) in [6.45, 7) is 0.756. The molecule has 3 atom stereocenters. The fourth-order valence-corrected chi connectivity index (χ4v) is 1.91. The number of carboxylic acid groups (broad SMARTS) is 2. The molecule has 0 aliphatic heterocycles. The highest BCUT2D eigenvalue weighted by Crippen LogP contribution is 1.98. The van der Waals surface area contributed by atoms with Crippen LogP contribution in [0.5, 0.6) is 0 Å². The lowest BCUT2D eigenvalue weighted by atomic mass is 10.1.